The Hall–Kier alpha value is -4.60. The zero-order valence-corrected chi connectivity index (χ0v) is 32.8. The Morgan fingerprint density at radius 1 is 0.909 bits per heavy atom. The number of rotatable bonds is 25. The van der Waals surface area contributed by atoms with E-state index in [1.54, 1.807) is 6.92 Å². The van der Waals surface area contributed by atoms with Crippen molar-refractivity contribution >= 4 is 46.4 Å². The van der Waals surface area contributed by atoms with Gasteiger partial charge in [0.15, 0.2) is 5.82 Å². The van der Waals surface area contributed by atoms with E-state index in [0.29, 0.717) is 65.3 Å². The molecule has 1 aliphatic rings. The van der Waals surface area contributed by atoms with Crippen LogP contribution < -0.4 is 16.4 Å². The maximum atomic E-state index is 12.8. The number of carboxylic acids is 1. The van der Waals surface area contributed by atoms with E-state index in [0.717, 1.165) is 62.3 Å². The molecule has 15 heteroatoms. The highest BCUT2D eigenvalue weighted by Crippen LogP contribution is 2.25. The number of hydrogen-bond donors (Lipinski definition) is 4. The van der Waals surface area contributed by atoms with Crippen LogP contribution in [0.2, 0.25) is 0 Å². The zero-order valence-electron chi connectivity index (χ0n) is 32.8. The second kappa shape index (κ2) is 22.7. The van der Waals surface area contributed by atoms with Crippen molar-refractivity contribution in [2.75, 3.05) is 76.7 Å². The topological polar surface area (TPSA) is 194 Å². The van der Waals surface area contributed by atoms with Gasteiger partial charge in [-0.15, -0.1) is 0 Å². The van der Waals surface area contributed by atoms with E-state index in [1.165, 1.54) is 16.7 Å². The second-order valence-corrected chi connectivity index (χ2v) is 14.3. The lowest BCUT2D eigenvalue weighted by Gasteiger charge is -2.35. The van der Waals surface area contributed by atoms with Crippen molar-refractivity contribution in [3.8, 4) is 0 Å². The van der Waals surface area contributed by atoms with Gasteiger partial charge >= 0.3 is 5.97 Å². The third-order valence-electron chi connectivity index (χ3n) is 9.79. The number of nitrogens with two attached hydrogens (primary N) is 1. The SMILES string of the molecule is CCCCCNc1nc(N)nc2ccn(Cc3ccc(CN4CCN(C(=O)CCOCCOCCCC(=O)CCNC(=O)C(C)CC(=O)O)CC4)cc3C)c12. The number of nitrogen functional groups attached to an aromatic ring is 1. The number of ketones is 1. The first-order valence-electron chi connectivity index (χ1n) is 19.7. The number of carboxylic acid groups (broad SMARTS) is 1. The summed E-state index contributed by atoms with van der Waals surface area (Å²) in [7, 11) is 0. The number of aliphatic carboxylic acids is 1. The van der Waals surface area contributed by atoms with Crippen LogP contribution in [0.15, 0.2) is 30.5 Å². The van der Waals surface area contributed by atoms with E-state index in [-0.39, 0.29) is 42.9 Å². The smallest absolute Gasteiger partial charge is 0.304 e. The van der Waals surface area contributed by atoms with Crippen molar-refractivity contribution in [2.24, 2.45) is 5.92 Å². The molecule has 1 aliphatic heterocycles. The maximum Gasteiger partial charge on any atom is 0.304 e. The molecule has 0 saturated carbocycles. The molecule has 0 aliphatic carbocycles. The number of nitrogens with one attached hydrogen (secondary N) is 2. The van der Waals surface area contributed by atoms with Gasteiger partial charge in [-0.3, -0.25) is 24.1 Å². The number of aromatic nitrogens is 3. The number of hydrogen-bond acceptors (Lipinski definition) is 11. The highest BCUT2D eigenvalue weighted by molar-refractivity contribution is 5.87. The summed E-state index contributed by atoms with van der Waals surface area (Å²) in [5.41, 5.74) is 11.5. The largest absolute Gasteiger partial charge is 0.481 e. The zero-order chi connectivity index (χ0) is 39.6. The van der Waals surface area contributed by atoms with Gasteiger partial charge in [-0.2, -0.15) is 4.98 Å². The Balaban J connectivity index is 1.07. The van der Waals surface area contributed by atoms with Gasteiger partial charge in [0.25, 0.3) is 0 Å². The number of anilines is 2. The predicted molar refractivity (Wildman–Crippen MR) is 212 cm³/mol. The first-order valence-corrected chi connectivity index (χ1v) is 19.7. The van der Waals surface area contributed by atoms with Gasteiger partial charge in [-0.1, -0.05) is 44.9 Å². The summed E-state index contributed by atoms with van der Waals surface area (Å²) in [6, 6.07) is 8.66. The molecule has 2 amide bonds. The van der Waals surface area contributed by atoms with Crippen molar-refractivity contribution in [1.29, 1.82) is 0 Å². The third-order valence-corrected chi connectivity index (χ3v) is 9.79. The van der Waals surface area contributed by atoms with Crippen LogP contribution in [-0.4, -0.2) is 119 Å². The molecule has 4 rings (SSSR count). The lowest BCUT2D eigenvalue weighted by Crippen LogP contribution is -2.48. The van der Waals surface area contributed by atoms with E-state index in [9.17, 15) is 19.2 Å². The molecule has 1 atom stereocenters. The third kappa shape index (κ3) is 14.5. The van der Waals surface area contributed by atoms with Crippen LogP contribution >= 0.6 is 0 Å². The number of carbonyl (C=O) groups is 4. The Labute approximate surface area is 324 Å². The fourth-order valence-electron chi connectivity index (χ4n) is 6.58. The number of unbranched alkanes of at least 4 members (excludes halogenated alkanes) is 2. The predicted octanol–water partition coefficient (Wildman–Crippen LogP) is 4.01. The lowest BCUT2D eigenvalue weighted by molar-refractivity contribution is -0.140. The molecule has 1 saturated heterocycles. The minimum Gasteiger partial charge on any atom is -0.481 e. The van der Waals surface area contributed by atoms with Crippen LogP contribution in [0.4, 0.5) is 11.8 Å². The monoisotopic (exact) mass is 764 g/mol. The van der Waals surface area contributed by atoms with Gasteiger partial charge < -0.3 is 40.4 Å². The van der Waals surface area contributed by atoms with Gasteiger partial charge in [-0.25, -0.2) is 4.98 Å². The Bertz CT molecular complexity index is 1710. The number of aryl methyl sites for hydroxylation is 1. The second-order valence-electron chi connectivity index (χ2n) is 14.3. The Morgan fingerprint density at radius 2 is 1.67 bits per heavy atom. The van der Waals surface area contributed by atoms with Gasteiger partial charge in [0.05, 0.1) is 38.2 Å². The van der Waals surface area contributed by atoms with Gasteiger partial charge in [0, 0.05) is 83.9 Å². The van der Waals surface area contributed by atoms with Crippen molar-refractivity contribution in [2.45, 2.75) is 85.2 Å². The van der Waals surface area contributed by atoms with Crippen molar-refractivity contribution in [1.82, 2.24) is 29.7 Å². The molecule has 1 unspecified atom stereocenters. The average Bonchev–Trinajstić information content (AvgIpc) is 3.55. The summed E-state index contributed by atoms with van der Waals surface area (Å²) in [4.78, 5) is 60.6. The van der Waals surface area contributed by atoms with Crippen LogP contribution in [0, 0.1) is 12.8 Å². The van der Waals surface area contributed by atoms with Gasteiger partial charge in [-0.05, 0) is 42.5 Å². The van der Waals surface area contributed by atoms with Gasteiger partial charge in [0.2, 0.25) is 17.8 Å². The molecular formula is C40H60N8O7. The van der Waals surface area contributed by atoms with Crippen LogP contribution in [0.1, 0.15) is 81.9 Å². The minimum atomic E-state index is -1.03. The molecule has 1 aromatic carbocycles. The van der Waals surface area contributed by atoms with Crippen LogP contribution in [0.25, 0.3) is 11.0 Å². The number of benzene rings is 1. The molecule has 3 heterocycles. The summed E-state index contributed by atoms with van der Waals surface area (Å²) in [6.07, 6.45) is 6.63. The summed E-state index contributed by atoms with van der Waals surface area (Å²) in [6.45, 7) is 13.0. The molecule has 302 valence electrons. The summed E-state index contributed by atoms with van der Waals surface area (Å²) in [5.74, 6) is -0.880. The molecule has 2 aromatic heterocycles. The van der Waals surface area contributed by atoms with E-state index >= 15 is 0 Å². The lowest BCUT2D eigenvalue weighted by atomic mass is 10.0. The summed E-state index contributed by atoms with van der Waals surface area (Å²) < 4.78 is 13.3. The molecule has 0 radical (unpaired) electrons. The van der Waals surface area contributed by atoms with Crippen LogP contribution in [0.5, 0.6) is 0 Å². The summed E-state index contributed by atoms with van der Waals surface area (Å²) >= 11 is 0. The highest BCUT2D eigenvalue weighted by atomic mass is 16.5. The molecule has 15 nitrogen and oxygen atoms in total. The van der Waals surface area contributed by atoms with Crippen molar-refractivity contribution in [3.63, 3.8) is 0 Å². The fourth-order valence-corrected chi connectivity index (χ4v) is 6.58. The number of fused-ring (bicyclic) bond motifs is 1. The number of carbonyl (C=O) groups excluding carboxylic acids is 3. The van der Waals surface area contributed by atoms with Crippen LogP contribution in [0.3, 0.4) is 0 Å². The van der Waals surface area contributed by atoms with Gasteiger partial charge in [0.1, 0.15) is 11.3 Å². The van der Waals surface area contributed by atoms with E-state index in [2.05, 4.69) is 62.1 Å². The minimum absolute atomic E-state index is 0.0101. The summed E-state index contributed by atoms with van der Waals surface area (Å²) in [5, 5.41) is 14.8. The molecule has 55 heavy (non-hydrogen) atoms. The maximum absolute atomic E-state index is 12.8. The van der Waals surface area contributed by atoms with Crippen molar-refractivity contribution < 1.29 is 33.8 Å². The first-order chi connectivity index (χ1) is 26.5. The number of nitrogens with zero attached hydrogens (tertiary/aromatic N) is 5. The number of amides is 2. The fraction of sp³-hybridized carbons (Fsp3) is 0.600. The van der Waals surface area contributed by atoms with Crippen molar-refractivity contribution in [3.05, 3.63) is 47.2 Å². The number of ether oxygens (including phenoxy) is 2. The van der Waals surface area contributed by atoms with Crippen LogP contribution in [-0.2, 0) is 41.7 Å². The Kier molecular flexibility index (Phi) is 17.8. The molecule has 1 fully saturated rings. The number of piperazine rings is 1. The van der Waals surface area contributed by atoms with E-state index in [4.69, 9.17) is 20.3 Å². The van der Waals surface area contributed by atoms with E-state index < -0.39 is 11.9 Å². The normalized spacial score (nSPS) is 13.9. The molecule has 5 N–H and O–H groups in total. The quantitative estimate of drug-likeness (QED) is 0.0908. The van der Waals surface area contributed by atoms with E-state index in [1.807, 2.05) is 17.2 Å². The highest BCUT2D eigenvalue weighted by Gasteiger charge is 2.21. The number of Topliss-reactive ketones (excluding diaryl/α,β-unsaturated/α-hetero) is 1. The average molecular weight is 765 g/mol. The Morgan fingerprint density at radius 3 is 2.40 bits per heavy atom. The molecule has 0 bridgehead atoms. The standard InChI is InChI=1S/C40H60N8O7/c1-4-5-6-14-42-38-37-34(44-40(41)45-38)12-16-48(37)28-32-10-9-31(25-29(32)2)27-46-17-19-47(20-18-46)35(50)13-22-55-24-23-54-21-7-8-33(49)11-15-43-39(53)30(3)26-36(51)52/h9-10,12,16,25,30H,4-8,11,13-15,17-24,26-28H2,1-3H3,(H,43,53)(H,51,52)(H3,41,42,44,45). The molecular weight excluding hydrogens is 704 g/mol. The molecule has 0 spiro atoms. The molecule has 3 aromatic rings. The first kappa shape index (κ1) is 43.1.